The number of nitrogens with zero attached hydrogens (tertiary/aromatic N) is 2. The normalized spacial score (nSPS) is 19.0. The van der Waals surface area contributed by atoms with E-state index in [-0.39, 0.29) is 12.7 Å². The van der Waals surface area contributed by atoms with E-state index in [1.54, 1.807) is 0 Å². The van der Waals surface area contributed by atoms with E-state index in [1.165, 1.54) is 37.1 Å². The summed E-state index contributed by atoms with van der Waals surface area (Å²) in [6.07, 6.45) is 4.91. The molecule has 1 aromatic carbocycles. The van der Waals surface area contributed by atoms with Gasteiger partial charge in [-0.1, -0.05) is 18.6 Å². The van der Waals surface area contributed by atoms with Crippen LogP contribution in [0.4, 0.5) is 0 Å². The maximum absolute atomic E-state index is 13.1. The molecule has 2 aliphatic rings. The van der Waals surface area contributed by atoms with Crippen LogP contribution in [0.2, 0.25) is 0 Å². The number of hydrogen-bond acceptors (Lipinski definition) is 5. The van der Waals surface area contributed by atoms with Gasteiger partial charge in [0, 0.05) is 25.7 Å². The first-order valence-corrected chi connectivity index (χ1v) is 11.0. The minimum absolute atomic E-state index is 0.111. The minimum atomic E-state index is 0.111. The summed E-state index contributed by atoms with van der Waals surface area (Å²) in [5.41, 5.74) is 1.07. The number of hydrogen-bond donors (Lipinski definition) is 0. The van der Waals surface area contributed by atoms with Gasteiger partial charge in [-0.15, -0.1) is 11.3 Å². The second-order valence-corrected chi connectivity index (χ2v) is 8.57. The van der Waals surface area contributed by atoms with E-state index < -0.39 is 0 Å². The molecule has 150 valence electrons. The lowest BCUT2D eigenvalue weighted by molar-refractivity contribution is 0.0731. The molecule has 3 heterocycles. The molecule has 4 rings (SSSR count). The van der Waals surface area contributed by atoms with Gasteiger partial charge < -0.3 is 19.3 Å². The van der Waals surface area contributed by atoms with Crippen molar-refractivity contribution in [2.75, 3.05) is 26.4 Å². The predicted molar refractivity (Wildman–Crippen MR) is 111 cm³/mol. The van der Waals surface area contributed by atoms with Crippen LogP contribution in [0.15, 0.2) is 35.7 Å². The number of ether oxygens (including phenoxy) is 2. The number of likely N-dealkylation sites (tertiary alicyclic amines) is 1. The average molecular weight is 401 g/mol. The summed E-state index contributed by atoms with van der Waals surface area (Å²) in [4.78, 5) is 18.4. The molecule has 0 N–H and O–H groups in total. The highest BCUT2D eigenvalue weighted by molar-refractivity contribution is 7.12. The molecule has 1 amide bonds. The van der Waals surface area contributed by atoms with E-state index in [2.05, 4.69) is 11.8 Å². The summed E-state index contributed by atoms with van der Waals surface area (Å²) in [6.45, 7) is 6.17. The van der Waals surface area contributed by atoms with Crippen LogP contribution in [0.1, 0.15) is 47.8 Å². The highest BCUT2D eigenvalue weighted by atomic mass is 32.1. The summed E-state index contributed by atoms with van der Waals surface area (Å²) in [7, 11) is 0. The largest absolute Gasteiger partial charge is 0.454 e. The molecule has 0 spiro atoms. The molecule has 1 unspecified atom stereocenters. The molecule has 1 fully saturated rings. The Balaban J connectivity index is 1.42. The van der Waals surface area contributed by atoms with Gasteiger partial charge >= 0.3 is 0 Å². The Kier molecular flexibility index (Phi) is 6.17. The number of carbonyl (C=O) groups excluding carboxylic acids is 1. The van der Waals surface area contributed by atoms with Crippen molar-refractivity contribution in [2.45, 2.75) is 45.2 Å². The van der Waals surface area contributed by atoms with E-state index in [0.29, 0.717) is 12.6 Å². The quantitative estimate of drug-likeness (QED) is 0.692. The Morgan fingerprint density at radius 3 is 2.96 bits per heavy atom. The smallest absolute Gasteiger partial charge is 0.264 e. The zero-order valence-corrected chi connectivity index (χ0v) is 17.2. The van der Waals surface area contributed by atoms with Crippen molar-refractivity contribution in [3.63, 3.8) is 0 Å². The van der Waals surface area contributed by atoms with Crippen LogP contribution in [0.25, 0.3) is 0 Å². The van der Waals surface area contributed by atoms with Gasteiger partial charge in [0.25, 0.3) is 5.91 Å². The fraction of sp³-hybridized carbons (Fsp3) is 0.500. The topological polar surface area (TPSA) is 42.0 Å². The zero-order chi connectivity index (χ0) is 19.3. The summed E-state index contributed by atoms with van der Waals surface area (Å²) >= 11 is 1.51. The maximum Gasteiger partial charge on any atom is 0.264 e. The lowest BCUT2D eigenvalue weighted by Gasteiger charge is -2.34. The second-order valence-electron chi connectivity index (χ2n) is 7.63. The van der Waals surface area contributed by atoms with E-state index in [0.717, 1.165) is 41.4 Å². The first-order chi connectivity index (χ1) is 13.7. The Morgan fingerprint density at radius 1 is 1.25 bits per heavy atom. The molecule has 2 aliphatic heterocycles. The SMILES string of the molecule is CC1CCCCN1CCCN(Cc1ccc2c(c1)OCO2)C(=O)c1cccs1. The Labute approximate surface area is 170 Å². The first kappa shape index (κ1) is 19.3. The summed E-state index contributed by atoms with van der Waals surface area (Å²) in [5.74, 6) is 1.65. The molecule has 0 radical (unpaired) electrons. The van der Waals surface area contributed by atoms with Crippen molar-refractivity contribution < 1.29 is 14.3 Å². The fourth-order valence-corrected chi connectivity index (χ4v) is 4.71. The van der Waals surface area contributed by atoms with Crippen molar-refractivity contribution in [1.82, 2.24) is 9.80 Å². The average Bonchev–Trinajstić information content (AvgIpc) is 3.39. The molecule has 2 aromatic rings. The Hall–Kier alpha value is -2.05. The van der Waals surface area contributed by atoms with Crippen LogP contribution in [0.3, 0.4) is 0 Å². The molecular weight excluding hydrogens is 372 g/mol. The van der Waals surface area contributed by atoms with Crippen LogP contribution in [0.5, 0.6) is 11.5 Å². The fourth-order valence-electron chi connectivity index (χ4n) is 4.02. The van der Waals surface area contributed by atoms with Crippen molar-refractivity contribution >= 4 is 17.2 Å². The molecule has 28 heavy (non-hydrogen) atoms. The highest BCUT2D eigenvalue weighted by Crippen LogP contribution is 2.33. The van der Waals surface area contributed by atoms with E-state index in [1.807, 2.05) is 40.6 Å². The van der Waals surface area contributed by atoms with Crippen LogP contribution in [0, 0.1) is 0 Å². The lowest BCUT2D eigenvalue weighted by Crippen LogP contribution is -2.40. The van der Waals surface area contributed by atoms with E-state index in [9.17, 15) is 4.79 Å². The number of piperidine rings is 1. The summed E-state index contributed by atoms with van der Waals surface area (Å²) < 4.78 is 10.9. The number of fused-ring (bicyclic) bond motifs is 1. The maximum atomic E-state index is 13.1. The molecule has 5 nitrogen and oxygen atoms in total. The molecule has 0 bridgehead atoms. The van der Waals surface area contributed by atoms with Gasteiger partial charge in [0.05, 0.1) is 4.88 Å². The number of rotatable bonds is 7. The lowest BCUT2D eigenvalue weighted by atomic mass is 10.0. The summed E-state index contributed by atoms with van der Waals surface area (Å²) in [6, 6.07) is 10.4. The first-order valence-electron chi connectivity index (χ1n) is 10.2. The van der Waals surface area contributed by atoms with Crippen LogP contribution in [-0.2, 0) is 6.54 Å². The zero-order valence-electron chi connectivity index (χ0n) is 16.4. The van der Waals surface area contributed by atoms with Gasteiger partial charge in [0.2, 0.25) is 6.79 Å². The molecular formula is C22H28N2O3S. The highest BCUT2D eigenvalue weighted by Gasteiger charge is 2.21. The van der Waals surface area contributed by atoms with Crippen LogP contribution in [-0.4, -0.2) is 48.2 Å². The van der Waals surface area contributed by atoms with Crippen molar-refractivity contribution in [2.24, 2.45) is 0 Å². The molecule has 0 aliphatic carbocycles. The molecule has 1 atom stereocenters. The van der Waals surface area contributed by atoms with Gasteiger partial charge in [-0.2, -0.15) is 0 Å². The number of thiophene rings is 1. The van der Waals surface area contributed by atoms with E-state index in [4.69, 9.17) is 9.47 Å². The van der Waals surface area contributed by atoms with Gasteiger partial charge in [0.1, 0.15) is 0 Å². The van der Waals surface area contributed by atoms with Gasteiger partial charge in [-0.3, -0.25) is 4.79 Å². The number of carbonyl (C=O) groups is 1. The van der Waals surface area contributed by atoms with Crippen LogP contribution < -0.4 is 9.47 Å². The predicted octanol–water partition coefficient (Wildman–Crippen LogP) is 4.38. The van der Waals surface area contributed by atoms with Gasteiger partial charge in [-0.25, -0.2) is 0 Å². The molecule has 6 heteroatoms. The third kappa shape index (κ3) is 4.50. The molecule has 1 saturated heterocycles. The Morgan fingerprint density at radius 2 is 2.14 bits per heavy atom. The Bertz CT molecular complexity index is 793. The summed E-state index contributed by atoms with van der Waals surface area (Å²) in [5, 5.41) is 1.96. The number of amides is 1. The van der Waals surface area contributed by atoms with Gasteiger partial charge in [0.15, 0.2) is 11.5 Å². The van der Waals surface area contributed by atoms with Crippen molar-refractivity contribution in [3.05, 3.63) is 46.2 Å². The standard InChI is InChI=1S/C22H28N2O3S/c1-17-6-2-3-10-23(17)11-5-12-24(22(25)21-7-4-13-28-21)15-18-8-9-19-20(14-18)27-16-26-19/h4,7-9,13-14,17H,2-3,5-6,10-12,15-16H2,1H3. The van der Waals surface area contributed by atoms with E-state index >= 15 is 0 Å². The molecule has 1 aromatic heterocycles. The third-order valence-electron chi connectivity index (χ3n) is 5.64. The second kappa shape index (κ2) is 8.97. The van der Waals surface area contributed by atoms with Crippen molar-refractivity contribution in [3.8, 4) is 11.5 Å². The third-order valence-corrected chi connectivity index (χ3v) is 6.50. The van der Waals surface area contributed by atoms with Gasteiger partial charge in [-0.05, 0) is 61.9 Å². The van der Waals surface area contributed by atoms with Crippen molar-refractivity contribution in [1.29, 1.82) is 0 Å². The minimum Gasteiger partial charge on any atom is -0.454 e. The van der Waals surface area contributed by atoms with Crippen LogP contribution >= 0.6 is 11.3 Å². The number of benzene rings is 1. The monoisotopic (exact) mass is 400 g/mol. The molecule has 0 saturated carbocycles.